The van der Waals surface area contributed by atoms with Crippen molar-refractivity contribution >= 4 is 6.09 Å². The van der Waals surface area contributed by atoms with Gasteiger partial charge in [-0.05, 0) is 12.0 Å². The highest BCUT2D eigenvalue weighted by atomic mass is 16.6. The molecule has 1 aliphatic carbocycles. The average molecular weight is 233 g/mol. The summed E-state index contributed by atoms with van der Waals surface area (Å²) in [5.41, 5.74) is 5.85. The standard InChI is InChI=1S/C14H19NO2/c1-13(2,3)14(17-12(15)16)9-11(14)10-7-5-4-6-8-10/h4-8,11H,9H2,1-3H3,(H2,15,16)/t11-,14+/m0/s1. The van der Waals surface area contributed by atoms with Gasteiger partial charge in [0, 0.05) is 11.3 Å². The quantitative estimate of drug-likeness (QED) is 0.853. The summed E-state index contributed by atoms with van der Waals surface area (Å²) in [6.07, 6.45) is 0.169. The Morgan fingerprint density at radius 2 is 1.94 bits per heavy atom. The zero-order valence-electron chi connectivity index (χ0n) is 10.6. The molecule has 1 amide bonds. The predicted molar refractivity (Wildman–Crippen MR) is 66.7 cm³/mol. The number of hydrogen-bond donors (Lipinski definition) is 1. The van der Waals surface area contributed by atoms with E-state index in [0.717, 1.165) is 6.42 Å². The summed E-state index contributed by atoms with van der Waals surface area (Å²) in [5, 5.41) is 0. The fraction of sp³-hybridized carbons (Fsp3) is 0.500. The first-order valence-corrected chi connectivity index (χ1v) is 5.90. The summed E-state index contributed by atoms with van der Waals surface area (Å²) in [6.45, 7) is 6.25. The fourth-order valence-corrected chi connectivity index (χ4v) is 2.59. The van der Waals surface area contributed by atoms with Gasteiger partial charge in [0.05, 0.1) is 0 Å². The molecule has 2 rings (SSSR count). The Hall–Kier alpha value is -1.51. The van der Waals surface area contributed by atoms with Gasteiger partial charge in [-0.1, -0.05) is 51.1 Å². The van der Waals surface area contributed by atoms with Gasteiger partial charge in [-0.25, -0.2) is 4.79 Å². The van der Waals surface area contributed by atoms with Crippen molar-refractivity contribution in [1.29, 1.82) is 0 Å². The van der Waals surface area contributed by atoms with Crippen molar-refractivity contribution < 1.29 is 9.53 Å². The number of amides is 1. The van der Waals surface area contributed by atoms with E-state index in [4.69, 9.17) is 10.5 Å². The van der Waals surface area contributed by atoms with Gasteiger partial charge in [-0.15, -0.1) is 0 Å². The predicted octanol–water partition coefficient (Wildman–Crippen LogP) is 3.05. The maximum atomic E-state index is 11.1. The van der Waals surface area contributed by atoms with E-state index in [-0.39, 0.29) is 11.3 Å². The van der Waals surface area contributed by atoms with Gasteiger partial charge in [0.25, 0.3) is 0 Å². The number of carbonyl (C=O) groups excluding carboxylic acids is 1. The second kappa shape index (κ2) is 3.76. The van der Waals surface area contributed by atoms with Crippen molar-refractivity contribution in [3.63, 3.8) is 0 Å². The molecule has 0 bridgehead atoms. The lowest BCUT2D eigenvalue weighted by atomic mass is 9.84. The zero-order chi connectivity index (χ0) is 12.7. The number of nitrogens with two attached hydrogens (primary N) is 1. The minimum atomic E-state index is -0.682. The third kappa shape index (κ3) is 2.02. The van der Waals surface area contributed by atoms with Crippen molar-refractivity contribution in [2.24, 2.45) is 11.1 Å². The van der Waals surface area contributed by atoms with Crippen molar-refractivity contribution in [1.82, 2.24) is 0 Å². The van der Waals surface area contributed by atoms with Gasteiger partial charge >= 0.3 is 6.09 Å². The van der Waals surface area contributed by atoms with Crippen LogP contribution in [0, 0.1) is 5.41 Å². The summed E-state index contributed by atoms with van der Waals surface area (Å²) >= 11 is 0. The van der Waals surface area contributed by atoms with Crippen molar-refractivity contribution in [3.05, 3.63) is 35.9 Å². The SMILES string of the molecule is CC(C)(C)[C@@]1(OC(N)=O)C[C@H]1c1ccccc1. The van der Waals surface area contributed by atoms with Crippen LogP contribution in [0.15, 0.2) is 30.3 Å². The van der Waals surface area contributed by atoms with Crippen LogP contribution in [0.1, 0.15) is 38.7 Å². The van der Waals surface area contributed by atoms with Crippen LogP contribution in [-0.2, 0) is 4.74 Å². The minimum absolute atomic E-state index is 0.109. The van der Waals surface area contributed by atoms with Gasteiger partial charge in [0.15, 0.2) is 0 Å². The molecule has 0 aliphatic heterocycles. The second-order valence-corrected chi connectivity index (χ2v) is 5.73. The highest BCUT2D eigenvalue weighted by Gasteiger charge is 2.65. The van der Waals surface area contributed by atoms with E-state index in [1.54, 1.807) is 0 Å². The average Bonchev–Trinajstić information content (AvgIpc) is 2.93. The normalized spacial score (nSPS) is 27.6. The van der Waals surface area contributed by atoms with Gasteiger partial charge in [-0.3, -0.25) is 0 Å². The Balaban J connectivity index is 2.27. The van der Waals surface area contributed by atoms with Gasteiger partial charge in [0.1, 0.15) is 5.60 Å². The van der Waals surface area contributed by atoms with E-state index < -0.39 is 11.7 Å². The third-order valence-corrected chi connectivity index (χ3v) is 3.66. The van der Waals surface area contributed by atoms with E-state index in [1.807, 2.05) is 18.2 Å². The molecule has 0 aromatic heterocycles. The van der Waals surface area contributed by atoms with Gasteiger partial charge in [-0.2, -0.15) is 0 Å². The Labute approximate surface area is 102 Å². The number of carbonyl (C=O) groups is 1. The monoisotopic (exact) mass is 233 g/mol. The van der Waals surface area contributed by atoms with Crippen LogP contribution in [0.3, 0.4) is 0 Å². The molecule has 1 aromatic carbocycles. The Bertz CT molecular complexity index is 422. The van der Waals surface area contributed by atoms with Crippen molar-refractivity contribution in [3.8, 4) is 0 Å². The molecule has 0 saturated heterocycles. The molecule has 1 aromatic rings. The zero-order valence-corrected chi connectivity index (χ0v) is 10.6. The molecule has 3 nitrogen and oxygen atoms in total. The van der Waals surface area contributed by atoms with Gasteiger partial charge < -0.3 is 10.5 Å². The number of benzene rings is 1. The van der Waals surface area contributed by atoms with E-state index in [2.05, 4.69) is 32.9 Å². The van der Waals surface area contributed by atoms with Crippen LogP contribution in [0.25, 0.3) is 0 Å². The fourth-order valence-electron chi connectivity index (χ4n) is 2.59. The molecule has 2 N–H and O–H groups in total. The molecule has 0 unspecified atom stereocenters. The summed E-state index contributed by atoms with van der Waals surface area (Å²) < 4.78 is 5.42. The maximum Gasteiger partial charge on any atom is 0.405 e. The Morgan fingerprint density at radius 1 is 1.35 bits per heavy atom. The van der Waals surface area contributed by atoms with Gasteiger partial charge in [0.2, 0.25) is 0 Å². The second-order valence-electron chi connectivity index (χ2n) is 5.73. The van der Waals surface area contributed by atoms with E-state index in [1.165, 1.54) is 5.56 Å². The summed E-state index contributed by atoms with van der Waals surface area (Å²) in [6, 6.07) is 10.1. The molecule has 1 saturated carbocycles. The lowest BCUT2D eigenvalue weighted by Crippen LogP contribution is -2.37. The van der Waals surface area contributed by atoms with Crippen LogP contribution >= 0.6 is 0 Å². The molecular formula is C14H19NO2. The first kappa shape index (κ1) is 12.0. The molecule has 92 valence electrons. The first-order valence-electron chi connectivity index (χ1n) is 5.90. The summed E-state index contributed by atoms with van der Waals surface area (Å²) in [4.78, 5) is 11.1. The van der Waals surface area contributed by atoms with E-state index in [9.17, 15) is 4.79 Å². The third-order valence-electron chi connectivity index (χ3n) is 3.66. The van der Waals surface area contributed by atoms with Crippen molar-refractivity contribution in [2.45, 2.75) is 38.7 Å². The molecule has 1 fully saturated rings. The first-order chi connectivity index (χ1) is 7.87. The summed E-state index contributed by atoms with van der Waals surface area (Å²) in [7, 11) is 0. The number of hydrogen-bond acceptors (Lipinski definition) is 2. The van der Waals surface area contributed by atoms with Crippen LogP contribution in [0.4, 0.5) is 4.79 Å². The lowest BCUT2D eigenvalue weighted by molar-refractivity contribution is 0.0111. The Kier molecular flexibility index (Phi) is 2.64. The molecule has 1 aliphatic rings. The van der Waals surface area contributed by atoms with Crippen molar-refractivity contribution in [2.75, 3.05) is 0 Å². The molecule has 0 spiro atoms. The maximum absolute atomic E-state index is 11.1. The molecule has 3 heteroatoms. The largest absolute Gasteiger partial charge is 0.442 e. The highest BCUT2D eigenvalue weighted by molar-refractivity contribution is 5.66. The highest BCUT2D eigenvalue weighted by Crippen LogP contribution is 2.62. The number of rotatable bonds is 2. The van der Waals surface area contributed by atoms with Crippen LogP contribution in [0.5, 0.6) is 0 Å². The molecule has 2 atom stereocenters. The molecule has 0 heterocycles. The van der Waals surface area contributed by atoms with Crippen LogP contribution in [-0.4, -0.2) is 11.7 Å². The topological polar surface area (TPSA) is 52.3 Å². The van der Waals surface area contributed by atoms with Crippen LogP contribution < -0.4 is 5.73 Å². The smallest absolute Gasteiger partial charge is 0.405 e. The molecule has 0 radical (unpaired) electrons. The molecule has 17 heavy (non-hydrogen) atoms. The minimum Gasteiger partial charge on any atom is -0.442 e. The molecular weight excluding hydrogens is 214 g/mol. The van der Waals surface area contributed by atoms with E-state index >= 15 is 0 Å². The summed E-state index contributed by atoms with van der Waals surface area (Å²) in [5.74, 6) is 0.260. The van der Waals surface area contributed by atoms with E-state index in [0.29, 0.717) is 0 Å². The number of primary amides is 1. The Morgan fingerprint density at radius 3 is 2.41 bits per heavy atom. The van der Waals surface area contributed by atoms with Crippen LogP contribution in [0.2, 0.25) is 0 Å². The number of ether oxygens (including phenoxy) is 1. The lowest BCUT2D eigenvalue weighted by Gasteiger charge is -2.31.